The van der Waals surface area contributed by atoms with Crippen molar-refractivity contribution in [3.63, 3.8) is 0 Å². The predicted molar refractivity (Wildman–Crippen MR) is 117 cm³/mol. The van der Waals surface area contributed by atoms with E-state index >= 15 is 0 Å². The average Bonchev–Trinajstić information content (AvgIpc) is 3.35. The number of H-pyrrole nitrogens is 1. The topological polar surface area (TPSA) is 44.8 Å². The molecule has 4 nitrogen and oxygen atoms in total. The fraction of sp³-hybridized carbons (Fsp3) is 0.500. The number of allylic oxidation sites excluding steroid dienone is 6. The first kappa shape index (κ1) is 19.9. The molecule has 1 aliphatic heterocycles. The summed E-state index contributed by atoms with van der Waals surface area (Å²) in [5, 5.41) is 1.10. The summed E-state index contributed by atoms with van der Waals surface area (Å²) in [6.07, 6.45) is 16.9. The summed E-state index contributed by atoms with van der Waals surface area (Å²) < 4.78 is 14.0. The first-order valence-corrected chi connectivity index (χ1v) is 11.0. The molecule has 0 spiro atoms. The van der Waals surface area contributed by atoms with Crippen LogP contribution in [0.15, 0.2) is 54.3 Å². The number of fused-ring (bicyclic) bond motifs is 1. The Morgan fingerprint density at radius 3 is 2.97 bits per heavy atom. The lowest BCUT2D eigenvalue weighted by molar-refractivity contribution is 0.413. The van der Waals surface area contributed by atoms with Gasteiger partial charge in [-0.1, -0.05) is 32.4 Å². The number of rotatable bonds is 7. The Labute approximate surface area is 172 Å². The molecule has 3 heterocycles. The fourth-order valence-corrected chi connectivity index (χ4v) is 4.79. The van der Waals surface area contributed by atoms with Crippen molar-refractivity contribution in [2.75, 3.05) is 18.0 Å². The normalized spacial score (nSPS) is 23.2. The van der Waals surface area contributed by atoms with Gasteiger partial charge in [-0.05, 0) is 67.2 Å². The first-order valence-electron chi connectivity index (χ1n) is 11.0. The molecule has 1 N–H and O–H groups in total. The summed E-state index contributed by atoms with van der Waals surface area (Å²) >= 11 is 0. The van der Waals surface area contributed by atoms with E-state index in [-0.39, 0.29) is 11.7 Å². The van der Waals surface area contributed by atoms with E-state index < -0.39 is 0 Å². The maximum Gasteiger partial charge on any atom is 0.142 e. The Morgan fingerprint density at radius 2 is 2.14 bits per heavy atom. The Hall–Kier alpha value is -2.43. The van der Waals surface area contributed by atoms with E-state index in [0.29, 0.717) is 11.8 Å². The molecule has 1 aliphatic carbocycles. The van der Waals surface area contributed by atoms with Gasteiger partial charge in [-0.15, -0.1) is 0 Å². The van der Waals surface area contributed by atoms with Crippen LogP contribution in [0.3, 0.4) is 0 Å². The molecule has 2 aromatic rings. The lowest BCUT2D eigenvalue weighted by Gasteiger charge is -2.23. The highest BCUT2D eigenvalue weighted by atomic mass is 19.1. The van der Waals surface area contributed by atoms with Gasteiger partial charge in [0, 0.05) is 19.3 Å². The van der Waals surface area contributed by atoms with E-state index in [9.17, 15) is 4.39 Å². The van der Waals surface area contributed by atoms with E-state index in [4.69, 9.17) is 0 Å². The SMILES string of the molecule is CCCC(CC1CCN(c2ncnc3[nH]ccc23)C1)C1=CC(CC)C=C(F)C=C1. The van der Waals surface area contributed by atoms with Crippen LogP contribution in [0.5, 0.6) is 0 Å². The molecule has 154 valence electrons. The van der Waals surface area contributed by atoms with E-state index in [2.05, 4.69) is 45.8 Å². The van der Waals surface area contributed by atoms with E-state index in [1.165, 1.54) is 12.0 Å². The van der Waals surface area contributed by atoms with Gasteiger partial charge in [0.25, 0.3) is 0 Å². The summed E-state index contributed by atoms with van der Waals surface area (Å²) in [4.78, 5) is 14.5. The summed E-state index contributed by atoms with van der Waals surface area (Å²) in [5.74, 6) is 2.25. The van der Waals surface area contributed by atoms with Crippen LogP contribution >= 0.6 is 0 Å². The van der Waals surface area contributed by atoms with Crippen molar-refractivity contribution in [3.05, 3.63) is 54.3 Å². The van der Waals surface area contributed by atoms with Gasteiger partial charge < -0.3 is 9.88 Å². The van der Waals surface area contributed by atoms with Gasteiger partial charge in [0.2, 0.25) is 0 Å². The highest BCUT2D eigenvalue weighted by Gasteiger charge is 2.28. The number of anilines is 1. The molecule has 2 aliphatic rings. The van der Waals surface area contributed by atoms with Crippen molar-refractivity contribution in [3.8, 4) is 0 Å². The zero-order chi connectivity index (χ0) is 20.2. The molecule has 0 aromatic carbocycles. The molecular formula is C24H31FN4. The zero-order valence-corrected chi connectivity index (χ0v) is 17.4. The fourth-order valence-electron chi connectivity index (χ4n) is 4.79. The molecule has 0 amide bonds. The van der Waals surface area contributed by atoms with Crippen LogP contribution in [0.2, 0.25) is 0 Å². The number of aromatic amines is 1. The van der Waals surface area contributed by atoms with Crippen LogP contribution in [0.4, 0.5) is 10.2 Å². The number of nitrogens with one attached hydrogen (secondary N) is 1. The van der Waals surface area contributed by atoms with Crippen molar-refractivity contribution in [1.82, 2.24) is 15.0 Å². The monoisotopic (exact) mass is 394 g/mol. The van der Waals surface area contributed by atoms with Gasteiger partial charge in [0.05, 0.1) is 5.39 Å². The van der Waals surface area contributed by atoms with Gasteiger partial charge >= 0.3 is 0 Å². The largest absolute Gasteiger partial charge is 0.356 e. The van der Waals surface area contributed by atoms with Gasteiger partial charge in [-0.25, -0.2) is 14.4 Å². The van der Waals surface area contributed by atoms with Crippen LogP contribution in [0.25, 0.3) is 11.0 Å². The number of aromatic nitrogens is 3. The quantitative estimate of drug-likeness (QED) is 0.629. The van der Waals surface area contributed by atoms with Gasteiger partial charge in [0.1, 0.15) is 23.6 Å². The highest BCUT2D eigenvalue weighted by molar-refractivity contribution is 5.87. The lowest BCUT2D eigenvalue weighted by atomic mass is 9.83. The molecule has 2 aromatic heterocycles. The highest BCUT2D eigenvalue weighted by Crippen LogP contribution is 2.35. The molecule has 0 radical (unpaired) electrons. The molecule has 4 rings (SSSR count). The second-order valence-corrected chi connectivity index (χ2v) is 8.38. The third-order valence-electron chi connectivity index (χ3n) is 6.33. The van der Waals surface area contributed by atoms with Crippen molar-refractivity contribution < 1.29 is 4.39 Å². The first-order chi connectivity index (χ1) is 14.2. The van der Waals surface area contributed by atoms with Crippen LogP contribution < -0.4 is 4.90 Å². The third kappa shape index (κ3) is 4.44. The second-order valence-electron chi connectivity index (χ2n) is 8.38. The standard InChI is InChI=1S/C24H31FN4/c1-3-5-19(20-6-7-21(25)14-17(4-2)12-20)13-18-9-11-29(15-18)24-22-8-10-26-23(22)27-16-28-24/h6-8,10,12,14,16-19H,3-5,9,11,13,15H2,1-2H3,(H,26,27,28). The van der Waals surface area contributed by atoms with Crippen LogP contribution in [-0.2, 0) is 0 Å². The Bertz CT molecular complexity index is 926. The molecule has 1 fully saturated rings. The minimum Gasteiger partial charge on any atom is -0.356 e. The van der Waals surface area contributed by atoms with Gasteiger partial charge in [-0.2, -0.15) is 0 Å². The molecule has 3 unspecified atom stereocenters. The minimum atomic E-state index is -0.107. The van der Waals surface area contributed by atoms with Crippen LogP contribution in [0.1, 0.15) is 46.0 Å². The summed E-state index contributed by atoms with van der Waals surface area (Å²) in [7, 11) is 0. The van der Waals surface area contributed by atoms with Gasteiger partial charge in [0.15, 0.2) is 0 Å². The molecule has 0 saturated carbocycles. The molecule has 5 heteroatoms. The maximum atomic E-state index is 14.0. The van der Waals surface area contributed by atoms with Crippen molar-refractivity contribution >= 4 is 16.9 Å². The zero-order valence-electron chi connectivity index (χ0n) is 17.4. The van der Waals surface area contributed by atoms with E-state index in [1.807, 2.05) is 12.3 Å². The Morgan fingerprint density at radius 1 is 1.24 bits per heavy atom. The number of halogens is 1. The summed E-state index contributed by atoms with van der Waals surface area (Å²) in [5.41, 5.74) is 2.22. The summed E-state index contributed by atoms with van der Waals surface area (Å²) in [6, 6.07) is 2.06. The Kier molecular flexibility index (Phi) is 6.12. The van der Waals surface area contributed by atoms with Crippen molar-refractivity contribution in [1.29, 1.82) is 0 Å². The number of hydrogen-bond donors (Lipinski definition) is 1. The molecule has 0 bridgehead atoms. The van der Waals surface area contributed by atoms with E-state index in [0.717, 1.165) is 55.6 Å². The molecule has 29 heavy (non-hydrogen) atoms. The molecule has 1 saturated heterocycles. The molecular weight excluding hydrogens is 363 g/mol. The van der Waals surface area contributed by atoms with Crippen LogP contribution in [-0.4, -0.2) is 28.0 Å². The van der Waals surface area contributed by atoms with Gasteiger partial charge in [-0.3, -0.25) is 0 Å². The smallest absolute Gasteiger partial charge is 0.142 e. The lowest BCUT2D eigenvalue weighted by Crippen LogP contribution is -2.22. The number of nitrogens with zero attached hydrogens (tertiary/aromatic N) is 3. The number of hydrogen-bond acceptors (Lipinski definition) is 3. The summed E-state index contributed by atoms with van der Waals surface area (Å²) in [6.45, 7) is 6.43. The average molecular weight is 395 g/mol. The maximum absolute atomic E-state index is 14.0. The minimum absolute atomic E-state index is 0.107. The van der Waals surface area contributed by atoms with Crippen molar-refractivity contribution in [2.45, 2.75) is 46.0 Å². The predicted octanol–water partition coefficient (Wildman–Crippen LogP) is 5.97. The molecule has 3 atom stereocenters. The second kappa shape index (κ2) is 8.93. The van der Waals surface area contributed by atoms with Crippen LogP contribution in [0, 0.1) is 17.8 Å². The Balaban J connectivity index is 1.48. The van der Waals surface area contributed by atoms with Crippen molar-refractivity contribution in [2.24, 2.45) is 17.8 Å². The van der Waals surface area contributed by atoms with E-state index in [1.54, 1.807) is 18.5 Å². The third-order valence-corrected chi connectivity index (χ3v) is 6.33.